The molecule has 0 N–H and O–H groups in total. The Kier molecular flexibility index (Phi) is 6.17. The smallest absolute Gasteiger partial charge is 0.149 e. The minimum atomic E-state index is -0.687. The number of thioether (sulfide) groups is 1. The average molecular weight is 374 g/mol. The van der Waals surface area contributed by atoms with Gasteiger partial charge in [0.15, 0.2) is 0 Å². The maximum atomic E-state index is 12.9. The van der Waals surface area contributed by atoms with Crippen LogP contribution in [0.3, 0.4) is 0 Å². The van der Waals surface area contributed by atoms with Gasteiger partial charge < -0.3 is 4.84 Å². The second-order valence-electron chi connectivity index (χ2n) is 7.38. The van der Waals surface area contributed by atoms with Crippen molar-refractivity contribution in [2.45, 2.75) is 51.2 Å². The standard InChI is InChI=1S/C21H27NO3S/c1-3-8-16(22-25-4-2)20-17(23)11-21(12-18(20)24)13-19(26-14-21)15-9-6-5-7-10-15/h5-7,9-10,19-20H,3-4,8,11-14H2,1-2H3. The molecule has 1 aliphatic heterocycles. The van der Waals surface area contributed by atoms with E-state index in [0.29, 0.717) is 36.8 Å². The van der Waals surface area contributed by atoms with Crippen LogP contribution in [0.25, 0.3) is 0 Å². The number of carbonyl (C=O) groups is 2. The predicted molar refractivity (Wildman–Crippen MR) is 105 cm³/mol. The summed E-state index contributed by atoms with van der Waals surface area (Å²) < 4.78 is 0. The van der Waals surface area contributed by atoms with Crippen LogP contribution < -0.4 is 0 Å². The summed E-state index contributed by atoms with van der Waals surface area (Å²) in [6.45, 7) is 4.33. The molecule has 0 aromatic heterocycles. The first kappa shape index (κ1) is 19.2. The number of nitrogens with zero attached hydrogens (tertiary/aromatic N) is 1. The number of hydrogen-bond acceptors (Lipinski definition) is 5. The van der Waals surface area contributed by atoms with Gasteiger partial charge in [-0.2, -0.15) is 11.8 Å². The molecule has 1 heterocycles. The second-order valence-corrected chi connectivity index (χ2v) is 8.58. The topological polar surface area (TPSA) is 55.7 Å². The van der Waals surface area contributed by atoms with Crippen LogP contribution in [-0.4, -0.2) is 29.6 Å². The third-order valence-corrected chi connectivity index (χ3v) is 6.89. The summed E-state index contributed by atoms with van der Waals surface area (Å²) in [6.07, 6.45) is 3.34. The third kappa shape index (κ3) is 4.03. The van der Waals surface area contributed by atoms with Gasteiger partial charge >= 0.3 is 0 Å². The summed E-state index contributed by atoms with van der Waals surface area (Å²) in [5.74, 6) is 0.250. The molecule has 1 atom stereocenters. The number of hydrogen-bond donors (Lipinski definition) is 0. The van der Waals surface area contributed by atoms with Crippen molar-refractivity contribution >= 4 is 29.0 Å². The molecule has 1 unspecified atom stereocenters. The Hall–Kier alpha value is -1.62. The minimum Gasteiger partial charge on any atom is -0.396 e. The highest BCUT2D eigenvalue weighted by atomic mass is 32.2. The molecular weight excluding hydrogens is 346 g/mol. The number of benzene rings is 1. The Morgan fingerprint density at radius 1 is 1.19 bits per heavy atom. The molecule has 1 aromatic carbocycles. The molecule has 1 spiro atoms. The zero-order valence-electron chi connectivity index (χ0n) is 15.6. The van der Waals surface area contributed by atoms with Crippen LogP contribution in [0.4, 0.5) is 0 Å². The second kappa shape index (κ2) is 8.38. The lowest BCUT2D eigenvalue weighted by Gasteiger charge is -2.35. The lowest BCUT2D eigenvalue weighted by atomic mass is 9.66. The Morgan fingerprint density at radius 2 is 1.88 bits per heavy atom. The van der Waals surface area contributed by atoms with E-state index in [1.54, 1.807) is 0 Å². The molecule has 2 fully saturated rings. The first-order chi connectivity index (χ1) is 12.6. The predicted octanol–water partition coefficient (Wildman–Crippen LogP) is 4.59. The van der Waals surface area contributed by atoms with Crippen LogP contribution >= 0.6 is 11.8 Å². The molecule has 1 saturated carbocycles. The first-order valence-electron chi connectivity index (χ1n) is 9.49. The van der Waals surface area contributed by atoms with Crippen molar-refractivity contribution in [1.29, 1.82) is 0 Å². The number of carbonyl (C=O) groups excluding carboxylic acids is 2. The Bertz CT molecular complexity index is 668. The first-order valence-corrected chi connectivity index (χ1v) is 10.5. The van der Waals surface area contributed by atoms with Crippen LogP contribution in [0.5, 0.6) is 0 Å². The summed E-state index contributed by atoms with van der Waals surface area (Å²) >= 11 is 1.88. The molecule has 5 heteroatoms. The van der Waals surface area contributed by atoms with Crippen molar-refractivity contribution in [3.05, 3.63) is 35.9 Å². The van der Waals surface area contributed by atoms with Gasteiger partial charge in [-0.25, -0.2) is 0 Å². The van der Waals surface area contributed by atoms with E-state index in [-0.39, 0.29) is 17.0 Å². The van der Waals surface area contributed by atoms with Crippen LogP contribution in [0, 0.1) is 11.3 Å². The summed E-state index contributed by atoms with van der Waals surface area (Å²) in [5, 5.41) is 4.48. The molecule has 0 amide bonds. The SMILES string of the molecule is CCCC(=NOCC)C1C(=O)CC2(CSC(c3ccccc3)C2)CC1=O. The molecule has 4 nitrogen and oxygen atoms in total. The third-order valence-electron chi connectivity index (χ3n) is 5.27. The fraction of sp³-hybridized carbons (Fsp3) is 0.571. The lowest BCUT2D eigenvalue weighted by Crippen LogP contribution is -2.44. The van der Waals surface area contributed by atoms with E-state index in [1.165, 1.54) is 5.56 Å². The molecule has 140 valence electrons. The molecular formula is C21H27NO3S. The number of rotatable bonds is 6. The Balaban J connectivity index is 1.74. The van der Waals surface area contributed by atoms with Crippen LogP contribution in [0.2, 0.25) is 0 Å². The van der Waals surface area contributed by atoms with Gasteiger partial charge in [0.05, 0.1) is 5.71 Å². The summed E-state index contributed by atoms with van der Waals surface area (Å²) in [6, 6.07) is 10.4. The number of oxime groups is 1. The van der Waals surface area contributed by atoms with E-state index in [9.17, 15) is 9.59 Å². The average Bonchev–Trinajstić information content (AvgIpc) is 3.02. The zero-order chi connectivity index (χ0) is 18.6. The number of Topliss-reactive ketones (excluding diaryl/α,β-unsaturated/α-hetero) is 2. The largest absolute Gasteiger partial charge is 0.396 e. The molecule has 3 rings (SSSR count). The molecule has 0 bridgehead atoms. The van der Waals surface area contributed by atoms with Crippen molar-refractivity contribution in [2.24, 2.45) is 16.5 Å². The van der Waals surface area contributed by atoms with Crippen molar-refractivity contribution in [2.75, 3.05) is 12.4 Å². The van der Waals surface area contributed by atoms with Gasteiger partial charge in [-0.3, -0.25) is 9.59 Å². The van der Waals surface area contributed by atoms with Gasteiger partial charge in [-0.1, -0.05) is 48.8 Å². The normalized spacial score (nSPS) is 29.4. The van der Waals surface area contributed by atoms with Gasteiger partial charge in [0.25, 0.3) is 0 Å². The van der Waals surface area contributed by atoms with E-state index < -0.39 is 5.92 Å². The van der Waals surface area contributed by atoms with Gasteiger partial charge in [-0.05, 0) is 30.7 Å². The monoisotopic (exact) mass is 373 g/mol. The number of ketones is 2. The van der Waals surface area contributed by atoms with E-state index in [1.807, 2.05) is 31.7 Å². The maximum Gasteiger partial charge on any atom is 0.149 e. The van der Waals surface area contributed by atoms with E-state index in [0.717, 1.165) is 18.6 Å². The highest BCUT2D eigenvalue weighted by Crippen LogP contribution is 2.55. The van der Waals surface area contributed by atoms with Crippen molar-refractivity contribution in [3.63, 3.8) is 0 Å². The highest BCUT2D eigenvalue weighted by Gasteiger charge is 2.50. The van der Waals surface area contributed by atoms with Gasteiger partial charge in [0.2, 0.25) is 0 Å². The maximum absolute atomic E-state index is 12.9. The Labute approximate surface area is 159 Å². The van der Waals surface area contributed by atoms with Crippen LogP contribution in [0.1, 0.15) is 56.8 Å². The zero-order valence-corrected chi connectivity index (χ0v) is 16.4. The fourth-order valence-electron chi connectivity index (χ4n) is 4.12. The van der Waals surface area contributed by atoms with E-state index in [2.05, 4.69) is 29.4 Å². The van der Waals surface area contributed by atoms with Crippen molar-refractivity contribution in [1.82, 2.24) is 0 Å². The fourth-order valence-corrected chi connectivity index (χ4v) is 5.82. The van der Waals surface area contributed by atoms with Crippen LogP contribution in [-0.2, 0) is 14.4 Å². The van der Waals surface area contributed by atoms with Gasteiger partial charge in [-0.15, -0.1) is 0 Å². The van der Waals surface area contributed by atoms with Gasteiger partial charge in [0, 0.05) is 23.8 Å². The van der Waals surface area contributed by atoms with E-state index >= 15 is 0 Å². The molecule has 26 heavy (non-hydrogen) atoms. The van der Waals surface area contributed by atoms with E-state index in [4.69, 9.17) is 4.84 Å². The molecule has 0 radical (unpaired) electrons. The summed E-state index contributed by atoms with van der Waals surface area (Å²) in [4.78, 5) is 31.0. The molecule has 2 aliphatic rings. The molecule has 1 aliphatic carbocycles. The quantitative estimate of drug-likeness (QED) is 0.416. The minimum absolute atomic E-state index is 0.0301. The van der Waals surface area contributed by atoms with Crippen LogP contribution in [0.15, 0.2) is 35.5 Å². The highest BCUT2D eigenvalue weighted by molar-refractivity contribution is 7.99. The summed E-state index contributed by atoms with van der Waals surface area (Å²) in [7, 11) is 0. The van der Waals surface area contributed by atoms with Crippen molar-refractivity contribution in [3.8, 4) is 0 Å². The Morgan fingerprint density at radius 3 is 2.50 bits per heavy atom. The molecule has 1 saturated heterocycles. The molecule has 1 aromatic rings. The lowest BCUT2D eigenvalue weighted by molar-refractivity contribution is -0.137. The van der Waals surface area contributed by atoms with Gasteiger partial charge in [0.1, 0.15) is 24.1 Å². The summed E-state index contributed by atoms with van der Waals surface area (Å²) in [5.41, 5.74) is 1.73. The van der Waals surface area contributed by atoms with Crippen molar-refractivity contribution < 1.29 is 14.4 Å².